The molecule has 1 fully saturated rings. The van der Waals surface area contributed by atoms with Crippen molar-refractivity contribution in [3.8, 4) is 0 Å². The Morgan fingerprint density at radius 3 is 2.42 bits per heavy atom. The molecule has 3 rings (SSSR count). The first-order valence-corrected chi connectivity index (χ1v) is 7.95. The molecule has 0 unspecified atom stereocenters. The smallest absolute Gasteiger partial charge is 0.241 e. The average molecular weight is 324 g/mol. The molecule has 0 radical (unpaired) electrons. The molecule has 0 bridgehead atoms. The first-order chi connectivity index (χ1) is 11.6. The van der Waals surface area contributed by atoms with Crippen LogP contribution >= 0.6 is 0 Å². The molecule has 24 heavy (non-hydrogen) atoms. The SMILES string of the molecule is NC(=O)[C@@H]1CC[C@H](C(=O)Nc2ccncc2)N1Cc1ccccc1. The Bertz CT molecular complexity index is 705. The van der Waals surface area contributed by atoms with Gasteiger partial charge in [-0.2, -0.15) is 0 Å². The number of nitrogens with one attached hydrogen (secondary N) is 1. The van der Waals surface area contributed by atoms with E-state index in [0.29, 0.717) is 25.1 Å². The number of aromatic nitrogens is 1. The van der Waals surface area contributed by atoms with Crippen LogP contribution in [0.5, 0.6) is 0 Å². The summed E-state index contributed by atoms with van der Waals surface area (Å²) in [6.07, 6.45) is 4.45. The van der Waals surface area contributed by atoms with Gasteiger partial charge in [-0.25, -0.2) is 0 Å². The number of anilines is 1. The van der Waals surface area contributed by atoms with Gasteiger partial charge in [-0.05, 0) is 30.5 Å². The highest BCUT2D eigenvalue weighted by Crippen LogP contribution is 2.27. The fraction of sp³-hybridized carbons (Fsp3) is 0.278. The zero-order chi connectivity index (χ0) is 16.9. The van der Waals surface area contributed by atoms with E-state index in [0.717, 1.165) is 5.56 Å². The second kappa shape index (κ2) is 7.23. The number of likely N-dealkylation sites (tertiary alicyclic amines) is 1. The van der Waals surface area contributed by atoms with Crippen LogP contribution in [0.1, 0.15) is 18.4 Å². The molecule has 1 aromatic carbocycles. The van der Waals surface area contributed by atoms with Gasteiger partial charge in [0.2, 0.25) is 11.8 Å². The van der Waals surface area contributed by atoms with Crippen LogP contribution in [-0.2, 0) is 16.1 Å². The normalized spacial score (nSPS) is 20.7. The molecule has 1 saturated heterocycles. The Hall–Kier alpha value is -2.73. The number of hydrogen-bond donors (Lipinski definition) is 2. The van der Waals surface area contributed by atoms with E-state index in [-0.39, 0.29) is 17.9 Å². The Labute approximate surface area is 140 Å². The quantitative estimate of drug-likeness (QED) is 0.873. The summed E-state index contributed by atoms with van der Waals surface area (Å²) in [6.45, 7) is 0.517. The standard InChI is InChI=1S/C18H20N4O2/c19-17(23)15-6-7-16(18(24)21-14-8-10-20-11-9-14)22(15)12-13-4-2-1-3-5-13/h1-5,8-11,15-16H,6-7,12H2,(H2,19,23)(H,20,21,24)/t15-,16+/m0/s1. The van der Waals surface area contributed by atoms with Crippen LogP contribution in [0.25, 0.3) is 0 Å². The predicted octanol–water partition coefficient (Wildman–Crippen LogP) is 1.54. The number of nitrogens with zero attached hydrogens (tertiary/aromatic N) is 2. The Kier molecular flexibility index (Phi) is 4.86. The van der Waals surface area contributed by atoms with E-state index < -0.39 is 6.04 Å². The molecule has 0 spiro atoms. The van der Waals surface area contributed by atoms with Crippen LogP contribution in [0.3, 0.4) is 0 Å². The molecule has 0 saturated carbocycles. The van der Waals surface area contributed by atoms with Gasteiger partial charge in [-0.1, -0.05) is 30.3 Å². The van der Waals surface area contributed by atoms with Crippen molar-refractivity contribution in [3.05, 3.63) is 60.4 Å². The van der Waals surface area contributed by atoms with Gasteiger partial charge in [0, 0.05) is 24.6 Å². The van der Waals surface area contributed by atoms with Gasteiger partial charge in [-0.3, -0.25) is 19.5 Å². The molecule has 1 aromatic heterocycles. The lowest BCUT2D eigenvalue weighted by atomic mass is 10.1. The van der Waals surface area contributed by atoms with Crippen molar-refractivity contribution in [2.45, 2.75) is 31.5 Å². The van der Waals surface area contributed by atoms with Crippen LogP contribution in [0.4, 0.5) is 5.69 Å². The molecule has 6 nitrogen and oxygen atoms in total. The lowest BCUT2D eigenvalue weighted by Gasteiger charge is -2.28. The van der Waals surface area contributed by atoms with E-state index in [1.54, 1.807) is 24.5 Å². The minimum Gasteiger partial charge on any atom is -0.368 e. The summed E-state index contributed by atoms with van der Waals surface area (Å²) in [6, 6.07) is 12.5. The lowest BCUT2D eigenvalue weighted by molar-refractivity contribution is -0.125. The van der Waals surface area contributed by atoms with E-state index in [1.807, 2.05) is 35.2 Å². The minimum atomic E-state index is -0.418. The zero-order valence-corrected chi connectivity index (χ0v) is 13.3. The summed E-state index contributed by atoms with van der Waals surface area (Å²) in [4.78, 5) is 30.3. The first kappa shape index (κ1) is 16.1. The molecular weight excluding hydrogens is 304 g/mol. The highest BCUT2D eigenvalue weighted by atomic mass is 16.2. The summed E-state index contributed by atoms with van der Waals surface area (Å²) in [5, 5.41) is 2.89. The molecular formula is C18H20N4O2. The maximum atomic E-state index is 12.7. The highest BCUT2D eigenvalue weighted by Gasteiger charge is 2.40. The number of carbonyl (C=O) groups is 2. The third-order valence-electron chi connectivity index (χ3n) is 4.30. The second-order valence-corrected chi connectivity index (χ2v) is 5.89. The van der Waals surface area contributed by atoms with Gasteiger partial charge in [0.1, 0.15) is 0 Å². The van der Waals surface area contributed by atoms with Crippen molar-refractivity contribution in [1.29, 1.82) is 0 Å². The fourth-order valence-electron chi connectivity index (χ4n) is 3.13. The molecule has 1 aliphatic heterocycles. The van der Waals surface area contributed by atoms with Crippen molar-refractivity contribution < 1.29 is 9.59 Å². The number of carbonyl (C=O) groups excluding carboxylic acids is 2. The van der Waals surface area contributed by atoms with Crippen LogP contribution in [0.15, 0.2) is 54.9 Å². The van der Waals surface area contributed by atoms with Crippen molar-refractivity contribution >= 4 is 17.5 Å². The van der Waals surface area contributed by atoms with E-state index in [2.05, 4.69) is 10.3 Å². The lowest BCUT2D eigenvalue weighted by Crippen LogP contribution is -2.47. The fourth-order valence-corrected chi connectivity index (χ4v) is 3.13. The van der Waals surface area contributed by atoms with Gasteiger partial charge in [0.15, 0.2) is 0 Å². The summed E-state index contributed by atoms with van der Waals surface area (Å²) in [5.41, 5.74) is 7.28. The largest absolute Gasteiger partial charge is 0.368 e. The summed E-state index contributed by atoms with van der Waals surface area (Å²) in [5.74, 6) is -0.508. The molecule has 0 aliphatic carbocycles. The maximum Gasteiger partial charge on any atom is 0.241 e. The molecule has 2 amide bonds. The summed E-state index contributed by atoms with van der Waals surface area (Å²) >= 11 is 0. The number of amides is 2. The topological polar surface area (TPSA) is 88.3 Å². The van der Waals surface area contributed by atoms with Gasteiger partial charge in [0.25, 0.3) is 0 Å². The molecule has 2 heterocycles. The predicted molar refractivity (Wildman–Crippen MR) is 90.9 cm³/mol. The third kappa shape index (κ3) is 3.60. The average Bonchev–Trinajstić information content (AvgIpc) is 3.00. The minimum absolute atomic E-state index is 0.124. The Balaban J connectivity index is 1.77. The van der Waals surface area contributed by atoms with Crippen LogP contribution in [0, 0.1) is 0 Å². The molecule has 3 N–H and O–H groups in total. The second-order valence-electron chi connectivity index (χ2n) is 5.89. The zero-order valence-electron chi connectivity index (χ0n) is 13.3. The molecule has 2 aromatic rings. The first-order valence-electron chi connectivity index (χ1n) is 7.95. The van der Waals surface area contributed by atoms with Gasteiger partial charge in [-0.15, -0.1) is 0 Å². The number of rotatable bonds is 5. The molecule has 6 heteroatoms. The van der Waals surface area contributed by atoms with E-state index in [1.165, 1.54) is 0 Å². The van der Waals surface area contributed by atoms with Gasteiger partial charge >= 0.3 is 0 Å². The summed E-state index contributed by atoms with van der Waals surface area (Å²) < 4.78 is 0. The maximum absolute atomic E-state index is 12.7. The van der Waals surface area contributed by atoms with Gasteiger partial charge in [0.05, 0.1) is 12.1 Å². The Morgan fingerprint density at radius 2 is 1.75 bits per heavy atom. The third-order valence-corrected chi connectivity index (χ3v) is 4.30. The number of benzene rings is 1. The Morgan fingerprint density at radius 1 is 1.08 bits per heavy atom. The molecule has 124 valence electrons. The van der Waals surface area contributed by atoms with Crippen molar-refractivity contribution in [3.63, 3.8) is 0 Å². The molecule has 1 aliphatic rings. The van der Waals surface area contributed by atoms with Gasteiger partial charge < -0.3 is 11.1 Å². The monoisotopic (exact) mass is 324 g/mol. The number of nitrogens with two attached hydrogens (primary N) is 1. The number of hydrogen-bond acceptors (Lipinski definition) is 4. The van der Waals surface area contributed by atoms with Crippen molar-refractivity contribution in [2.75, 3.05) is 5.32 Å². The highest BCUT2D eigenvalue weighted by molar-refractivity contribution is 5.95. The van der Waals surface area contributed by atoms with Crippen LogP contribution < -0.4 is 11.1 Å². The number of primary amides is 1. The molecule has 2 atom stereocenters. The van der Waals surface area contributed by atoms with E-state index >= 15 is 0 Å². The van der Waals surface area contributed by atoms with E-state index in [4.69, 9.17) is 5.73 Å². The van der Waals surface area contributed by atoms with Crippen molar-refractivity contribution in [2.24, 2.45) is 5.73 Å². The van der Waals surface area contributed by atoms with Crippen LogP contribution in [-0.4, -0.2) is 33.8 Å². The summed E-state index contributed by atoms with van der Waals surface area (Å²) in [7, 11) is 0. The van der Waals surface area contributed by atoms with E-state index in [9.17, 15) is 9.59 Å². The van der Waals surface area contributed by atoms with Crippen LogP contribution in [0.2, 0.25) is 0 Å². The number of pyridine rings is 1. The van der Waals surface area contributed by atoms with Crippen molar-refractivity contribution in [1.82, 2.24) is 9.88 Å².